The SMILES string of the molecule is O=C(NCC1CCCO1)c1coc(CN(Cc2ccc(Cl)cc2)Cc2cccc(C(F)(F)F)c2)n1. The molecule has 186 valence electrons. The minimum absolute atomic E-state index is 0.00708. The highest BCUT2D eigenvalue weighted by atomic mass is 35.5. The van der Waals surface area contributed by atoms with Crippen molar-refractivity contribution >= 4 is 17.5 Å². The van der Waals surface area contributed by atoms with Gasteiger partial charge in [0.25, 0.3) is 5.91 Å². The summed E-state index contributed by atoms with van der Waals surface area (Å²) in [4.78, 5) is 18.6. The lowest BCUT2D eigenvalue weighted by molar-refractivity contribution is -0.137. The van der Waals surface area contributed by atoms with Crippen LogP contribution in [0, 0.1) is 0 Å². The third kappa shape index (κ3) is 7.30. The predicted octanol–water partition coefficient (Wildman–Crippen LogP) is 5.46. The molecule has 0 saturated carbocycles. The second-order valence-electron chi connectivity index (χ2n) is 8.44. The average molecular weight is 508 g/mol. The molecule has 0 spiro atoms. The summed E-state index contributed by atoms with van der Waals surface area (Å²) in [6, 6.07) is 12.4. The van der Waals surface area contributed by atoms with Gasteiger partial charge in [0.05, 0.1) is 18.2 Å². The molecule has 1 saturated heterocycles. The molecule has 6 nitrogen and oxygen atoms in total. The molecule has 1 atom stereocenters. The molecule has 0 bridgehead atoms. The lowest BCUT2D eigenvalue weighted by Crippen LogP contribution is -2.32. The number of carbonyl (C=O) groups is 1. The topological polar surface area (TPSA) is 67.6 Å². The number of carbonyl (C=O) groups excluding carboxylic acids is 1. The number of hydrogen-bond donors (Lipinski definition) is 1. The molecule has 10 heteroatoms. The highest BCUT2D eigenvalue weighted by Crippen LogP contribution is 2.30. The summed E-state index contributed by atoms with van der Waals surface area (Å²) in [5.41, 5.74) is 0.851. The van der Waals surface area contributed by atoms with E-state index in [1.165, 1.54) is 12.3 Å². The van der Waals surface area contributed by atoms with Crippen LogP contribution in [-0.2, 0) is 30.5 Å². The van der Waals surface area contributed by atoms with E-state index in [4.69, 9.17) is 20.8 Å². The van der Waals surface area contributed by atoms with Crippen molar-refractivity contribution in [2.75, 3.05) is 13.2 Å². The molecular weight excluding hydrogens is 483 g/mol. The van der Waals surface area contributed by atoms with E-state index < -0.39 is 11.7 Å². The molecule has 1 amide bonds. The number of alkyl halides is 3. The molecule has 1 aromatic heterocycles. The van der Waals surface area contributed by atoms with Crippen molar-refractivity contribution in [1.82, 2.24) is 15.2 Å². The van der Waals surface area contributed by atoms with Gasteiger partial charge >= 0.3 is 6.18 Å². The largest absolute Gasteiger partial charge is 0.447 e. The molecule has 0 aliphatic carbocycles. The van der Waals surface area contributed by atoms with E-state index in [-0.39, 0.29) is 36.7 Å². The molecule has 1 fully saturated rings. The molecule has 3 aromatic rings. The van der Waals surface area contributed by atoms with E-state index in [0.717, 1.165) is 30.5 Å². The Bertz CT molecular complexity index is 1130. The number of amides is 1. The van der Waals surface area contributed by atoms with Gasteiger partial charge in [-0.2, -0.15) is 13.2 Å². The van der Waals surface area contributed by atoms with Crippen LogP contribution in [0.15, 0.2) is 59.2 Å². The molecule has 2 aromatic carbocycles. The van der Waals surface area contributed by atoms with Crippen LogP contribution in [0.25, 0.3) is 0 Å². The van der Waals surface area contributed by atoms with E-state index in [9.17, 15) is 18.0 Å². The maximum absolute atomic E-state index is 13.2. The Morgan fingerprint density at radius 2 is 1.89 bits per heavy atom. The zero-order chi connectivity index (χ0) is 24.8. The fraction of sp³-hybridized carbons (Fsp3) is 0.360. The Morgan fingerprint density at radius 1 is 1.11 bits per heavy atom. The van der Waals surface area contributed by atoms with Crippen LogP contribution in [0.2, 0.25) is 5.02 Å². The van der Waals surface area contributed by atoms with Gasteiger partial charge in [0, 0.05) is 31.3 Å². The number of nitrogens with zero attached hydrogens (tertiary/aromatic N) is 2. The second kappa shape index (κ2) is 11.2. The highest BCUT2D eigenvalue weighted by Gasteiger charge is 2.30. The zero-order valence-corrected chi connectivity index (χ0v) is 19.6. The van der Waals surface area contributed by atoms with E-state index in [0.29, 0.717) is 30.3 Å². The number of nitrogens with one attached hydrogen (secondary N) is 1. The third-order valence-corrected chi connectivity index (χ3v) is 5.89. The molecule has 2 heterocycles. The van der Waals surface area contributed by atoms with E-state index in [1.807, 2.05) is 17.0 Å². The first-order valence-corrected chi connectivity index (χ1v) is 11.6. The van der Waals surface area contributed by atoms with Crippen LogP contribution >= 0.6 is 11.6 Å². The number of benzene rings is 2. The van der Waals surface area contributed by atoms with Gasteiger partial charge in [-0.15, -0.1) is 0 Å². The second-order valence-corrected chi connectivity index (χ2v) is 8.88. The first-order valence-electron chi connectivity index (χ1n) is 11.2. The summed E-state index contributed by atoms with van der Waals surface area (Å²) in [6.45, 7) is 1.92. The summed E-state index contributed by atoms with van der Waals surface area (Å²) in [6.07, 6.45) is -1.26. The number of oxazole rings is 1. The van der Waals surface area contributed by atoms with Crippen molar-refractivity contribution in [3.63, 3.8) is 0 Å². The first-order chi connectivity index (χ1) is 16.8. The van der Waals surface area contributed by atoms with Crippen molar-refractivity contribution in [2.45, 2.75) is 44.8 Å². The first kappa shape index (κ1) is 25.2. The average Bonchev–Trinajstić information content (AvgIpc) is 3.51. The fourth-order valence-electron chi connectivity index (χ4n) is 3.90. The molecule has 35 heavy (non-hydrogen) atoms. The summed E-state index contributed by atoms with van der Waals surface area (Å²) >= 11 is 5.98. The van der Waals surface area contributed by atoms with Crippen molar-refractivity contribution in [1.29, 1.82) is 0 Å². The number of ether oxygens (including phenoxy) is 1. The van der Waals surface area contributed by atoms with Gasteiger partial charge in [0.15, 0.2) is 5.69 Å². The van der Waals surface area contributed by atoms with Crippen molar-refractivity contribution in [3.05, 3.63) is 88.1 Å². The summed E-state index contributed by atoms with van der Waals surface area (Å²) < 4.78 is 50.6. The quantitative estimate of drug-likeness (QED) is 0.416. The molecule has 1 unspecified atom stereocenters. The van der Waals surface area contributed by atoms with Crippen LogP contribution < -0.4 is 5.32 Å². The highest BCUT2D eigenvalue weighted by molar-refractivity contribution is 6.30. The maximum atomic E-state index is 13.2. The van der Waals surface area contributed by atoms with Gasteiger partial charge in [-0.1, -0.05) is 41.9 Å². The lowest BCUT2D eigenvalue weighted by Gasteiger charge is -2.21. The Hall–Kier alpha value is -2.88. The molecule has 1 aliphatic rings. The van der Waals surface area contributed by atoms with Crippen LogP contribution in [0.4, 0.5) is 13.2 Å². The Balaban J connectivity index is 1.46. The van der Waals surface area contributed by atoms with Crippen molar-refractivity contribution in [2.24, 2.45) is 0 Å². The third-order valence-electron chi connectivity index (χ3n) is 5.64. The molecule has 1 N–H and O–H groups in total. The van der Waals surface area contributed by atoms with Crippen molar-refractivity contribution in [3.8, 4) is 0 Å². The molecular formula is C25H25ClF3N3O3. The van der Waals surface area contributed by atoms with E-state index in [2.05, 4.69) is 10.3 Å². The summed E-state index contributed by atoms with van der Waals surface area (Å²) in [5, 5.41) is 3.38. The Labute approximate surface area is 206 Å². The standard InChI is InChI=1S/C25H25ClF3N3O3/c26-20-8-6-17(7-9-20)13-32(14-18-3-1-4-19(11-18)25(27,28)29)15-23-31-22(16-35-23)24(33)30-12-21-5-2-10-34-21/h1,3-4,6-9,11,16,21H,2,5,10,12-15H2,(H,30,33). The Kier molecular flexibility index (Phi) is 8.10. The number of halogens is 4. The predicted molar refractivity (Wildman–Crippen MR) is 124 cm³/mol. The summed E-state index contributed by atoms with van der Waals surface area (Å²) in [7, 11) is 0. The molecule has 4 rings (SSSR count). The van der Waals surface area contributed by atoms with Gasteiger partial charge in [-0.3, -0.25) is 9.69 Å². The zero-order valence-electron chi connectivity index (χ0n) is 18.9. The van der Waals surface area contributed by atoms with Gasteiger partial charge in [-0.25, -0.2) is 4.98 Å². The van der Waals surface area contributed by atoms with Gasteiger partial charge in [0.2, 0.25) is 5.89 Å². The molecule has 1 aliphatic heterocycles. The minimum atomic E-state index is -4.43. The van der Waals surface area contributed by atoms with Crippen LogP contribution in [0.1, 0.15) is 45.9 Å². The fourth-order valence-corrected chi connectivity index (χ4v) is 4.03. The van der Waals surface area contributed by atoms with E-state index in [1.54, 1.807) is 18.2 Å². The molecule has 0 radical (unpaired) electrons. The van der Waals surface area contributed by atoms with Crippen molar-refractivity contribution < 1.29 is 27.1 Å². The maximum Gasteiger partial charge on any atom is 0.416 e. The summed E-state index contributed by atoms with van der Waals surface area (Å²) in [5.74, 6) is -0.0779. The normalized spacial score (nSPS) is 16.1. The number of aromatic nitrogens is 1. The minimum Gasteiger partial charge on any atom is -0.447 e. The Morgan fingerprint density at radius 3 is 2.60 bits per heavy atom. The van der Waals surface area contributed by atoms with Crippen LogP contribution in [0.3, 0.4) is 0 Å². The van der Waals surface area contributed by atoms with Crippen LogP contribution in [-0.4, -0.2) is 35.0 Å². The number of rotatable bonds is 9. The van der Waals surface area contributed by atoms with E-state index >= 15 is 0 Å². The van der Waals surface area contributed by atoms with Crippen LogP contribution in [0.5, 0.6) is 0 Å². The van der Waals surface area contributed by atoms with Gasteiger partial charge in [0.1, 0.15) is 6.26 Å². The smallest absolute Gasteiger partial charge is 0.416 e. The van der Waals surface area contributed by atoms with Gasteiger partial charge < -0.3 is 14.5 Å². The lowest BCUT2D eigenvalue weighted by atomic mass is 10.1. The number of hydrogen-bond acceptors (Lipinski definition) is 5. The monoisotopic (exact) mass is 507 g/mol. The van der Waals surface area contributed by atoms with Gasteiger partial charge in [-0.05, 0) is 42.2 Å².